The molecule has 0 saturated heterocycles. The average Bonchev–Trinajstić information content (AvgIpc) is 3.20. The summed E-state index contributed by atoms with van der Waals surface area (Å²) >= 11 is 0. The van der Waals surface area contributed by atoms with Crippen LogP contribution in [0.2, 0.25) is 0 Å². The van der Waals surface area contributed by atoms with E-state index < -0.39 is 10.0 Å². The second-order valence-electron chi connectivity index (χ2n) is 6.96. The fourth-order valence-electron chi connectivity index (χ4n) is 3.36. The first-order valence-electron chi connectivity index (χ1n) is 9.18. The highest BCUT2D eigenvalue weighted by Gasteiger charge is 2.27. The molecular formula is C20H25N3O3S. The molecule has 1 saturated carbocycles. The van der Waals surface area contributed by atoms with Gasteiger partial charge in [-0.3, -0.25) is 9.78 Å². The summed E-state index contributed by atoms with van der Waals surface area (Å²) in [5.41, 5.74) is 1.22. The van der Waals surface area contributed by atoms with Crippen LogP contribution in [0, 0.1) is 0 Å². The molecule has 1 fully saturated rings. The van der Waals surface area contributed by atoms with Crippen LogP contribution in [0.1, 0.15) is 54.6 Å². The first kappa shape index (κ1) is 19.5. The van der Waals surface area contributed by atoms with E-state index in [0.717, 1.165) is 31.2 Å². The van der Waals surface area contributed by atoms with Gasteiger partial charge >= 0.3 is 0 Å². The van der Waals surface area contributed by atoms with Crippen molar-refractivity contribution >= 4 is 15.9 Å². The van der Waals surface area contributed by atoms with Crippen molar-refractivity contribution in [1.82, 2.24) is 14.6 Å². The van der Waals surface area contributed by atoms with Crippen LogP contribution < -0.4 is 5.32 Å². The van der Waals surface area contributed by atoms with E-state index in [1.807, 2.05) is 6.92 Å². The van der Waals surface area contributed by atoms with Gasteiger partial charge in [-0.1, -0.05) is 18.9 Å². The lowest BCUT2D eigenvalue weighted by Crippen LogP contribution is -2.33. The van der Waals surface area contributed by atoms with Crippen molar-refractivity contribution in [3.05, 3.63) is 59.9 Å². The number of rotatable bonds is 6. The van der Waals surface area contributed by atoms with E-state index in [1.54, 1.807) is 43.7 Å². The van der Waals surface area contributed by atoms with Crippen molar-refractivity contribution < 1.29 is 13.2 Å². The maximum Gasteiger partial charge on any atom is 0.251 e. The third-order valence-electron chi connectivity index (χ3n) is 5.20. The standard InChI is InChI=1S/C20H25N3O3S/c1-15(16-10-12-21-13-11-16)23(2)27(25,26)19-9-5-6-17(14-19)20(24)22-18-7-3-4-8-18/h5-6,9-15,18H,3-4,7-8H2,1-2H3,(H,22,24). The summed E-state index contributed by atoms with van der Waals surface area (Å²) in [7, 11) is -2.19. The molecule has 0 spiro atoms. The number of hydrogen-bond donors (Lipinski definition) is 1. The van der Waals surface area contributed by atoms with Gasteiger partial charge in [-0.25, -0.2) is 8.42 Å². The van der Waals surface area contributed by atoms with Gasteiger partial charge in [0.25, 0.3) is 5.91 Å². The van der Waals surface area contributed by atoms with Gasteiger partial charge in [0.1, 0.15) is 0 Å². The third kappa shape index (κ3) is 4.36. The summed E-state index contributed by atoms with van der Waals surface area (Å²) in [5, 5.41) is 3.00. The van der Waals surface area contributed by atoms with Gasteiger partial charge in [0.2, 0.25) is 10.0 Å². The van der Waals surface area contributed by atoms with Crippen molar-refractivity contribution in [2.45, 2.75) is 49.6 Å². The van der Waals surface area contributed by atoms with Crippen LogP contribution in [0.4, 0.5) is 0 Å². The molecule has 0 bridgehead atoms. The van der Waals surface area contributed by atoms with Crippen molar-refractivity contribution in [1.29, 1.82) is 0 Å². The zero-order chi connectivity index (χ0) is 19.4. The van der Waals surface area contributed by atoms with Gasteiger partial charge in [0.05, 0.1) is 4.90 Å². The van der Waals surface area contributed by atoms with Crippen molar-refractivity contribution in [3.63, 3.8) is 0 Å². The van der Waals surface area contributed by atoms with Crippen molar-refractivity contribution in [2.75, 3.05) is 7.05 Å². The molecular weight excluding hydrogens is 362 g/mol. The normalized spacial score (nSPS) is 16.4. The van der Waals surface area contributed by atoms with Crippen LogP contribution in [0.3, 0.4) is 0 Å². The van der Waals surface area contributed by atoms with Gasteiger partial charge in [-0.05, 0) is 55.7 Å². The second kappa shape index (κ2) is 8.19. The van der Waals surface area contributed by atoms with E-state index in [1.165, 1.54) is 16.4 Å². The van der Waals surface area contributed by atoms with E-state index >= 15 is 0 Å². The van der Waals surface area contributed by atoms with Crippen LogP contribution in [-0.4, -0.2) is 36.7 Å². The number of carbonyl (C=O) groups is 1. The summed E-state index contributed by atoms with van der Waals surface area (Å²) in [6.45, 7) is 1.82. The van der Waals surface area contributed by atoms with E-state index in [4.69, 9.17) is 0 Å². The Morgan fingerprint density at radius 3 is 2.52 bits per heavy atom. The number of sulfonamides is 1. The van der Waals surface area contributed by atoms with E-state index in [-0.39, 0.29) is 22.9 Å². The van der Waals surface area contributed by atoms with Crippen LogP contribution in [0.5, 0.6) is 0 Å². The molecule has 1 aliphatic carbocycles. The number of amides is 1. The SMILES string of the molecule is CC(c1ccncc1)N(C)S(=O)(=O)c1cccc(C(=O)NC2CCCC2)c1. The maximum absolute atomic E-state index is 13.0. The van der Waals surface area contributed by atoms with E-state index in [0.29, 0.717) is 5.56 Å². The van der Waals surface area contributed by atoms with Crippen molar-refractivity contribution in [2.24, 2.45) is 0 Å². The smallest absolute Gasteiger partial charge is 0.251 e. The predicted octanol–water partition coefficient (Wildman–Crippen LogP) is 3.14. The maximum atomic E-state index is 13.0. The quantitative estimate of drug-likeness (QED) is 0.826. The fourth-order valence-corrected chi connectivity index (χ4v) is 4.76. The number of aromatic nitrogens is 1. The molecule has 3 rings (SSSR count). The highest BCUT2D eigenvalue weighted by Crippen LogP contribution is 2.26. The van der Waals surface area contributed by atoms with Crippen LogP contribution in [0.15, 0.2) is 53.7 Å². The van der Waals surface area contributed by atoms with Crippen molar-refractivity contribution in [3.8, 4) is 0 Å². The summed E-state index contributed by atoms with van der Waals surface area (Å²) in [6.07, 6.45) is 7.49. The number of nitrogens with one attached hydrogen (secondary N) is 1. The van der Waals surface area contributed by atoms with Crippen LogP contribution in [0.25, 0.3) is 0 Å². The minimum absolute atomic E-state index is 0.116. The third-order valence-corrected chi connectivity index (χ3v) is 7.12. The zero-order valence-corrected chi connectivity index (χ0v) is 16.4. The zero-order valence-electron chi connectivity index (χ0n) is 15.6. The topological polar surface area (TPSA) is 79.4 Å². The predicted molar refractivity (Wildman–Crippen MR) is 104 cm³/mol. The minimum Gasteiger partial charge on any atom is -0.349 e. The highest BCUT2D eigenvalue weighted by molar-refractivity contribution is 7.89. The molecule has 6 nitrogen and oxygen atoms in total. The Morgan fingerprint density at radius 1 is 1.19 bits per heavy atom. The first-order valence-corrected chi connectivity index (χ1v) is 10.6. The van der Waals surface area contributed by atoms with Gasteiger partial charge < -0.3 is 5.32 Å². The van der Waals surface area contributed by atoms with Gasteiger partial charge in [-0.15, -0.1) is 0 Å². The lowest BCUT2D eigenvalue weighted by Gasteiger charge is -2.24. The lowest BCUT2D eigenvalue weighted by atomic mass is 10.1. The Kier molecular flexibility index (Phi) is 5.92. The monoisotopic (exact) mass is 387 g/mol. The molecule has 27 heavy (non-hydrogen) atoms. The fraction of sp³-hybridized carbons (Fsp3) is 0.400. The molecule has 1 aliphatic rings. The molecule has 1 atom stereocenters. The minimum atomic E-state index is -3.74. The summed E-state index contributed by atoms with van der Waals surface area (Å²) in [6, 6.07) is 9.66. The molecule has 1 N–H and O–H groups in total. The Morgan fingerprint density at radius 2 is 1.85 bits per heavy atom. The van der Waals surface area contributed by atoms with E-state index in [9.17, 15) is 13.2 Å². The number of carbonyl (C=O) groups excluding carboxylic acids is 1. The lowest BCUT2D eigenvalue weighted by molar-refractivity contribution is 0.0937. The molecule has 7 heteroatoms. The van der Waals surface area contributed by atoms with Gasteiger partial charge in [0, 0.05) is 37.1 Å². The first-order chi connectivity index (χ1) is 12.9. The average molecular weight is 388 g/mol. The number of nitrogens with zero attached hydrogens (tertiary/aromatic N) is 2. The Bertz CT molecular complexity index is 894. The number of benzene rings is 1. The summed E-state index contributed by atoms with van der Waals surface area (Å²) < 4.78 is 27.4. The molecule has 144 valence electrons. The largest absolute Gasteiger partial charge is 0.349 e. The van der Waals surface area contributed by atoms with Crippen LogP contribution >= 0.6 is 0 Å². The molecule has 1 aromatic carbocycles. The van der Waals surface area contributed by atoms with E-state index in [2.05, 4.69) is 10.3 Å². The Labute approximate surface area is 160 Å². The van der Waals surface area contributed by atoms with Gasteiger partial charge in [-0.2, -0.15) is 4.31 Å². The number of pyridine rings is 1. The summed E-state index contributed by atoms with van der Waals surface area (Å²) in [4.78, 5) is 16.6. The molecule has 0 aliphatic heterocycles. The molecule has 1 unspecified atom stereocenters. The summed E-state index contributed by atoms with van der Waals surface area (Å²) in [5.74, 6) is -0.219. The van der Waals surface area contributed by atoms with Crippen LogP contribution in [-0.2, 0) is 10.0 Å². The number of hydrogen-bond acceptors (Lipinski definition) is 4. The highest BCUT2D eigenvalue weighted by atomic mass is 32.2. The molecule has 0 radical (unpaired) electrons. The molecule has 2 aromatic rings. The Balaban J connectivity index is 1.81. The van der Waals surface area contributed by atoms with Gasteiger partial charge in [0.15, 0.2) is 0 Å². The molecule has 1 amide bonds. The molecule has 1 heterocycles. The Hall–Kier alpha value is -2.25. The second-order valence-corrected chi connectivity index (χ2v) is 8.96. The molecule has 1 aromatic heterocycles.